The van der Waals surface area contributed by atoms with Gasteiger partial charge in [0.25, 0.3) is 0 Å². The summed E-state index contributed by atoms with van der Waals surface area (Å²) in [6.45, 7) is 8.19. The van der Waals surface area contributed by atoms with Crippen LogP contribution < -0.4 is 5.46 Å². The monoisotopic (exact) mass is 776 g/mol. The summed E-state index contributed by atoms with van der Waals surface area (Å²) in [5.41, 5.74) is 12.5. The highest BCUT2D eigenvalue weighted by Gasteiger charge is 2.11. The highest BCUT2D eigenvalue weighted by molar-refractivity contribution is 9.10. The molecule has 54 heavy (non-hydrogen) atoms. The lowest BCUT2D eigenvalue weighted by Gasteiger charge is -2.06. The maximum absolute atomic E-state index is 10.9. The molecule has 0 aliphatic carbocycles. The molecule has 0 saturated heterocycles. The maximum atomic E-state index is 10.9. The van der Waals surface area contributed by atoms with E-state index in [1.807, 2.05) is 68.4 Å². The van der Waals surface area contributed by atoms with Gasteiger partial charge in [-0.3, -0.25) is 9.59 Å². The molecular weight excluding hydrogens is 739 g/mol. The van der Waals surface area contributed by atoms with Gasteiger partial charge in [-0.2, -0.15) is 0 Å². The van der Waals surface area contributed by atoms with Crippen LogP contribution in [0.4, 0.5) is 0 Å². The van der Waals surface area contributed by atoms with Gasteiger partial charge in [0, 0.05) is 37.5 Å². The zero-order valence-corrected chi connectivity index (χ0v) is 31.9. The Hall–Kier alpha value is -5.80. The van der Waals surface area contributed by atoms with Crippen LogP contribution in [0.3, 0.4) is 0 Å². The second-order valence-corrected chi connectivity index (χ2v) is 14.1. The molecule has 0 radical (unpaired) electrons. The van der Waals surface area contributed by atoms with E-state index >= 15 is 0 Å². The predicted molar refractivity (Wildman–Crippen MR) is 222 cm³/mol. The van der Waals surface area contributed by atoms with E-state index in [9.17, 15) is 9.59 Å². The summed E-state index contributed by atoms with van der Waals surface area (Å²) in [5.74, 6) is 1.62. The highest BCUT2D eigenvalue weighted by atomic mass is 79.9. The third kappa shape index (κ3) is 9.04. The zero-order chi connectivity index (χ0) is 38.4. The molecule has 6 nitrogen and oxygen atoms in total. The van der Waals surface area contributed by atoms with Crippen molar-refractivity contribution in [2.24, 2.45) is 0 Å². The second-order valence-electron chi connectivity index (χ2n) is 13.2. The van der Waals surface area contributed by atoms with E-state index in [2.05, 4.69) is 72.2 Å². The zero-order valence-electron chi connectivity index (χ0n) is 30.3. The van der Waals surface area contributed by atoms with Crippen molar-refractivity contribution in [3.05, 3.63) is 171 Å². The first kappa shape index (κ1) is 37.9. The normalized spacial score (nSPS) is 10.6. The Morgan fingerprint density at radius 2 is 0.926 bits per heavy atom. The molecule has 0 aliphatic heterocycles. The van der Waals surface area contributed by atoms with Crippen LogP contribution in [0.1, 0.15) is 43.0 Å². The Bertz CT molecular complexity index is 2560. The lowest BCUT2D eigenvalue weighted by Crippen LogP contribution is -2.29. The van der Waals surface area contributed by atoms with E-state index in [-0.39, 0.29) is 0 Å². The first-order valence-corrected chi connectivity index (χ1v) is 18.2. The van der Waals surface area contributed by atoms with Gasteiger partial charge in [0.15, 0.2) is 0 Å². The van der Waals surface area contributed by atoms with Gasteiger partial charge in [-0.05, 0) is 103 Å². The molecule has 2 aromatic heterocycles. The van der Waals surface area contributed by atoms with E-state index in [4.69, 9.17) is 18.9 Å². The van der Waals surface area contributed by atoms with Crippen LogP contribution in [0.15, 0.2) is 147 Å². The Balaban J connectivity index is 0.000000150. The van der Waals surface area contributed by atoms with E-state index in [0.29, 0.717) is 16.6 Å². The van der Waals surface area contributed by atoms with Gasteiger partial charge in [-0.25, -0.2) is 0 Å². The van der Waals surface area contributed by atoms with Crippen molar-refractivity contribution in [2.45, 2.75) is 27.7 Å². The number of hydrogen-bond donors (Lipinski definition) is 2. The third-order valence-electron chi connectivity index (χ3n) is 9.33. The van der Waals surface area contributed by atoms with Crippen LogP contribution in [0.5, 0.6) is 0 Å². The standard InChI is InChI=1S/C23H18O2.C15H9BrO2.C8H11BO2/c1-15-3-5-20(11-16(15)2)18-7-9-19(10-8-18)23-13-21-6-4-17(14-24)12-22(21)25-23;16-13-5-3-11(4-6-13)15-8-12-2-1-10(9-17)7-14(12)18-15;1-6-3-4-8(9(10)11)5-7(6)2/h3-14H,1-2H3;1-9H;3-5,10-11H,1-2H3. The molecule has 2 N–H and O–H groups in total. The van der Waals surface area contributed by atoms with Gasteiger partial charge in [0.2, 0.25) is 0 Å². The van der Waals surface area contributed by atoms with Gasteiger partial charge >= 0.3 is 7.12 Å². The molecule has 8 heteroatoms. The van der Waals surface area contributed by atoms with Crippen LogP contribution in [0.2, 0.25) is 0 Å². The van der Waals surface area contributed by atoms with Crippen LogP contribution in [-0.2, 0) is 0 Å². The Labute approximate surface area is 323 Å². The Morgan fingerprint density at radius 3 is 1.39 bits per heavy atom. The van der Waals surface area contributed by atoms with Crippen molar-refractivity contribution in [3.8, 4) is 33.8 Å². The number of hydrogen-bond acceptors (Lipinski definition) is 6. The minimum Gasteiger partial charge on any atom is -0.456 e. The molecule has 0 saturated carbocycles. The van der Waals surface area contributed by atoms with Crippen LogP contribution in [0.25, 0.3) is 55.7 Å². The first-order valence-electron chi connectivity index (χ1n) is 17.4. The van der Waals surface area contributed by atoms with Crippen molar-refractivity contribution in [3.63, 3.8) is 0 Å². The minimum absolute atomic E-state index is 0.549. The molecule has 0 aliphatic rings. The number of carbonyl (C=O) groups is 2. The van der Waals surface area contributed by atoms with E-state index in [1.165, 1.54) is 22.3 Å². The lowest BCUT2D eigenvalue weighted by atomic mass is 9.79. The van der Waals surface area contributed by atoms with Gasteiger partial charge < -0.3 is 18.9 Å². The second kappa shape index (κ2) is 16.9. The molecule has 0 fully saturated rings. The summed E-state index contributed by atoms with van der Waals surface area (Å²) in [4.78, 5) is 21.6. The summed E-state index contributed by atoms with van der Waals surface area (Å²) >= 11 is 3.40. The molecule has 8 aromatic rings. The molecule has 2 heterocycles. The molecule has 0 atom stereocenters. The number of fused-ring (bicyclic) bond motifs is 2. The predicted octanol–water partition coefficient (Wildman–Crippen LogP) is 10.9. The number of carbonyl (C=O) groups excluding carboxylic acids is 2. The fourth-order valence-corrected chi connectivity index (χ4v) is 6.08. The number of benzene rings is 6. The molecule has 268 valence electrons. The number of rotatable bonds is 6. The summed E-state index contributed by atoms with van der Waals surface area (Å²) in [5, 5.41) is 19.6. The van der Waals surface area contributed by atoms with E-state index < -0.39 is 7.12 Å². The number of halogens is 1. The molecule has 0 amide bonds. The Kier molecular flexibility index (Phi) is 11.9. The van der Waals surface area contributed by atoms with Crippen LogP contribution >= 0.6 is 15.9 Å². The topological polar surface area (TPSA) is 101 Å². The van der Waals surface area contributed by atoms with Crippen molar-refractivity contribution in [2.75, 3.05) is 0 Å². The molecule has 0 unspecified atom stereocenters. The summed E-state index contributed by atoms with van der Waals surface area (Å²) < 4.78 is 12.7. The fourth-order valence-electron chi connectivity index (χ4n) is 5.81. The third-order valence-corrected chi connectivity index (χ3v) is 9.86. The van der Waals surface area contributed by atoms with Gasteiger partial charge in [-0.1, -0.05) is 113 Å². The molecule has 8 rings (SSSR count). The average molecular weight is 778 g/mol. The summed E-state index contributed by atoms with van der Waals surface area (Å²) in [6.07, 6.45) is 1.65. The average Bonchev–Trinajstić information content (AvgIpc) is 3.82. The largest absolute Gasteiger partial charge is 0.488 e. The summed E-state index contributed by atoms with van der Waals surface area (Å²) in [7, 11) is -1.35. The van der Waals surface area contributed by atoms with Gasteiger partial charge in [0.1, 0.15) is 35.3 Å². The van der Waals surface area contributed by atoms with Crippen molar-refractivity contribution in [1.29, 1.82) is 0 Å². The smallest absolute Gasteiger partial charge is 0.456 e. The lowest BCUT2D eigenvalue weighted by molar-refractivity contribution is 0.111. The van der Waals surface area contributed by atoms with E-state index in [1.54, 1.807) is 36.4 Å². The van der Waals surface area contributed by atoms with Gasteiger partial charge in [0.05, 0.1) is 0 Å². The van der Waals surface area contributed by atoms with Crippen molar-refractivity contribution in [1.82, 2.24) is 0 Å². The highest BCUT2D eigenvalue weighted by Crippen LogP contribution is 2.31. The molecular formula is C46H38BBrO6. The fraction of sp³-hybridized carbons (Fsp3) is 0.0870. The molecule has 0 spiro atoms. The van der Waals surface area contributed by atoms with Gasteiger partial charge in [-0.15, -0.1) is 0 Å². The van der Waals surface area contributed by atoms with Crippen LogP contribution in [0, 0.1) is 27.7 Å². The van der Waals surface area contributed by atoms with E-state index in [0.717, 1.165) is 72.8 Å². The maximum Gasteiger partial charge on any atom is 0.488 e. The Morgan fingerprint density at radius 1 is 0.481 bits per heavy atom. The van der Waals surface area contributed by atoms with Crippen molar-refractivity contribution < 1.29 is 28.5 Å². The number of furan rings is 2. The van der Waals surface area contributed by atoms with Crippen molar-refractivity contribution >= 4 is 63.0 Å². The summed E-state index contributed by atoms with van der Waals surface area (Å²) in [6, 6.07) is 43.1. The molecule has 6 aromatic carbocycles. The van der Waals surface area contributed by atoms with Crippen LogP contribution in [-0.4, -0.2) is 29.7 Å². The minimum atomic E-state index is -1.35. The quantitative estimate of drug-likeness (QED) is 0.129. The first-order chi connectivity index (χ1) is 26.0. The SMILES string of the molecule is Cc1ccc(-c2ccc(-c3cc4ccc(C=O)cc4o3)cc2)cc1C.Cc1ccc(B(O)O)cc1C.O=Cc1ccc2cc(-c3ccc(Br)cc3)oc2c1. The number of aldehydes is 2. The number of aryl methyl sites for hydroxylation is 4. The molecule has 0 bridgehead atoms.